The third-order valence-corrected chi connectivity index (χ3v) is 4.34. The number of fused-ring (bicyclic) bond motifs is 1. The number of aryl methyl sites for hydroxylation is 2. The summed E-state index contributed by atoms with van der Waals surface area (Å²) >= 11 is 0. The van der Waals surface area contributed by atoms with E-state index in [1.807, 2.05) is 6.07 Å². The number of nitrogens with two attached hydrogens (primary N) is 1. The summed E-state index contributed by atoms with van der Waals surface area (Å²) in [6.07, 6.45) is 3.61. The van der Waals surface area contributed by atoms with Crippen molar-refractivity contribution in [2.45, 2.75) is 25.7 Å². The topological polar surface area (TPSA) is 79.5 Å². The second kappa shape index (κ2) is 10.2. The lowest BCUT2D eigenvalue weighted by Crippen LogP contribution is -2.29. The fourth-order valence-corrected chi connectivity index (χ4v) is 3.10. The average molecular weight is 482 g/mol. The maximum absolute atomic E-state index is 13.1. The quantitative estimate of drug-likeness (QED) is 0.257. The van der Waals surface area contributed by atoms with Gasteiger partial charge < -0.3 is 16.4 Å². The number of amides is 1. The van der Waals surface area contributed by atoms with Crippen molar-refractivity contribution in [2.75, 3.05) is 18.4 Å². The van der Waals surface area contributed by atoms with Gasteiger partial charge in [0.25, 0.3) is 0 Å². The molecule has 2 aromatic rings. The summed E-state index contributed by atoms with van der Waals surface area (Å²) in [5, 5.41) is 5.83. The molecule has 0 atom stereocenters. The molecule has 0 aromatic heterocycles. The summed E-state index contributed by atoms with van der Waals surface area (Å²) in [5.41, 5.74) is 10.2. The van der Waals surface area contributed by atoms with Gasteiger partial charge in [0.2, 0.25) is 5.91 Å². The number of halogens is 2. The number of carbonyl (C=O) groups excluding carboxylic acids is 1. The maximum Gasteiger partial charge on any atom is 0.224 e. The first-order chi connectivity index (χ1) is 12.6. The molecule has 0 bridgehead atoms. The Kier molecular flexibility index (Phi) is 8.02. The number of nitrogens with zero attached hydrogens (tertiary/aromatic N) is 1. The zero-order chi connectivity index (χ0) is 18.4. The van der Waals surface area contributed by atoms with Crippen LogP contribution in [0.4, 0.5) is 10.1 Å². The zero-order valence-corrected chi connectivity index (χ0v) is 17.3. The number of carbonyl (C=O) groups is 1. The normalized spacial score (nSPS) is 12.9. The van der Waals surface area contributed by atoms with Gasteiger partial charge in [0, 0.05) is 12.2 Å². The Morgan fingerprint density at radius 1 is 1.15 bits per heavy atom. The second-order valence-electron chi connectivity index (χ2n) is 6.39. The lowest BCUT2D eigenvalue weighted by molar-refractivity contribution is -0.120. The molecule has 144 valence electrons. The second-order valence-corrected chi connectivity index (χ2v) is 6.39. The maximum atomic E-state index is 13.1. The minimum absolute atomic E-state index is 0. The highest BCUT2D eigenvalue weighted by molar-refractivity contribution is 14.0. The summed E-state index contributed by atoms with van der Waals surface area (Å²) in [6, 6.07) is 12.3. The summed E-state index contributed by atoms with van der Waals surface area (Å²) < 4.78 is 13.1. The third kappa shape index (κ3) is 6.50. The smallest absolute Gasteiger partial charge is 0.224 e. The minimum Gasteiger partial charge on any atom is -0.370 e. The van der Waals surface area contributed by atoms with E-state index in [2.05, 4.69) is 27.8 Å². The van der Waals surface area contributed by atoms with Gasteiger partial charge in [-0.1, -0.05) is 18.2 Å². The van der Waals surface area contributed by atoms with Crippen LogP contribution >= 0.6 is 24.0 Å². The standard InChI is InChI=1S/C20H23FN4O.HI/c21-17-6-1-3-14(11-17)12-19(26)23-9-10-24-20(22)25-18-8-7-15-4-2-5-16(15)13-18;/h1,3,6-8,11,13H,2,4-5,9-10,12H2,(H,23,26)(H3,22,24,25);1H. The predicted molar refractivity (Wildman–Crippen MR) is 117 cm³/mol. The molecule has 0 heterocycles. The molecule has 0 unspecified atom stereocenters. The summed E-state index contributed by atoms with van der Waals surface area (Å²) in [4.78, 5) is 16.1. The molecule has 0 saturated carbocycles. The van der Waals surface area contributed by atoms with Gasteiger partial charge in [-0.05, 0) is 60.2 Å². The van der Waals surface area contributed by atoms with Gasteiger partial charge in [-0.15, -0.1) is 24.0 Å². The third-order valence-electron chi connectivity index (χ3n) is 4.34. The van der Waals surface area contributed by atoms with E-state index in [-0.39, 0.29) is 42.1 Å². The Balaban J connectivity index is 0.00000261. The number of rotatable bonds is 6. The number of hydrogen-bond donors (Lipinski definition) is 3. The van der Waals surface area contributed by atoms with Gasteiger partial charge in [0.1, 0.15) is 5.82 Å². The molecule has 0 saturated heterocycles. The number of aliphatic imine (C=N–C) groups is 1. The van der Waals surface area contributed by atoms with E-state index in [0.717, 1.165) is 18.5 Å². The van der Waals surface area contributed by atoms with Crippen molar-refractivity contribution in [2.24, 2.45) is 10.7 Å². The molecule has 0 fully saturated rings. The van der Waals surface area contributed by atoms with Crippen LogP contribution in [0.1, 0.15) is 23.1 Å². The van der Waals surface area contributed by atoms with E-state index in [1.54, 1.807) is 12.1 Å². The van der Waals surface area contributed by atoms with E-state index in [1.165, 1.54) is 29.7 Å². The lowest BCUT2D eigenvalue weighted by atomic mass is 10.1. The van der Waals surface area contributed by atoms with Crippen molar-refractivity contribution in [3.63, 3.8) is 0 Å². The highest BCUT2D eigenvalue weighted by atomic mass is 127. The molecule has 27 heavy (non-hydrogen) atoms. The SMILES string of the molecule is I.NC(=NCCNC(=O)Cc1cccc(F)c1)Nc1ccc2c(c1)CCC2. The van der Waals surface area contributed by atoms with Crippen LogP contribution < -0.4 is 16.4 Å². The summed E-state index contributed by atoms with van der Waals surface area (Å²) in [6.45, 7) is 0.749. The van der Waals surface area contributed by atoms with Crippen molar-refractivity contribution in [1.29, 1.82) is 0 Å². The summed E-state index contributed by atoms with van der Waals surface area (Å²) in [7, 11) is 0. The molecule has 0 aliphatic heterocycles. The van der Waals surface area contributed by atoms with E-state index in [4.69, 9.17) is 5.73 Å². The van der Waals surface area contributed by atoms with Crippen LogP contribution in [-0.2, 0) is 24.1 Å². The van der Waals surface area contributed by atoms with E-state index in [9.17, 15) is 9.18 Å². The van der Waals surface area contributed by atoms with Crippen molar-refractivity contribution >= 4 is 41.5 Å². The Hall–Kier alpha value is -2.16. The molecular weight excluding hydrogens is 458 g/mol. The van der Waals surface area contributed by atoms with Crippen LogP contribution in [0.5, 0.6) is 0 Å². The van der Waals surface area contributed by atoms with Gasteiger partial charge in [0.15, 0.2) is 5.96 Å². The van der Waals surface area contributed by atoms with Gasteiger partial charge >= 0.3 is 0 Å². The first kappa shape index (κ1) is 21.1. The molecule has 1 amide bonds. The first-order valence-corrected chi connectivity index (χ1v) is 8.80. The van der Waals surface area contributed by atoms with Gasteiger partial charge in [-0.2, -0.15) is 0 Å². The van der Waals surface area contributed by atoms with Crippen LogP contribution in [-0.4, -0.2) is 25.0 Å². The highest BCUT2D eigenvalue weighted by Crippen LogP contribution is 2.24. The van der Waals surface area contributed by atoms with E-state index >= 15 is 0 Å². The number of nitrogens with one attached hydrogen (secondary N) is 2. The zero-order valence-electron chi connectivity index (χ0n) is 15.0. The molecule has 5 nitrogen and oxygen atoms in total. The molecule has 1 aliphatic carbocycles. The fourth-order valence-electron chi connectivity index (χ4n) is 3.10. The Morgan fingerprint density at radius 2 is 1.96 bits per heavy atom. The van der Waals surface area contributed by atoms with Crippen LogP contribution in [0.2, 0.25) is 0 Å². The molecule has 0 spiro atoms. The lowest BCUT2D eigenvalue weighted by Gasteiger charge is -2.08. The van der Waals surface area contributed by atoms with Crippen molar-refractivity contribution in [1.82, 2.24) is 5.32 Å². The molecular formula is C20H24FIN4O. The number of guanidine groups is 1. The van der Waals surface area contributed by atoms with Crippen molar-refractivity contribution < 1.29 is 9.18 Å². The number of anilines is 1. The molecule has 4 N–H and O–H groups in total. The van der Waals surface area contributed by atoms with Crippen molar-refractivity contribution in [3.8, 4) is 0 Å². The molecule has 0 radical (unpaired) electrons. The predicted octanol–water partition coefficient (Wildman–Crippen LogP) is 3.02. The van der Waals surface area contributed by atoms with Crippen LogP contribution in [0, 0.1) is 5.82 Å². The Bertz CT molecular complexity index is 825. The first-order valence-electron chi connectivity index (χ1n) is 8.80. The molecule has 3 rings (SSSR count). The highest BCUT2D eigenvalue weighted by Gasteiger charge is 2.10. The van der Waals surface area contributed by atoms with Crippen LogP contribution in [0.25, 0.3) is 0 Å². The van der Waals surface area contributed by atoms with Gasteiger partial charge in [0.05, 0.1) is 13.0 Å². The van der Waals surface area contributed by atoms with Crippen LogP contribution in [0.15, 0.2) is 47.5 Å². The van der Waals surface area contributed by atoms with Gasteiger partial charge in [-0.25, -0.2) is 4.39 Å². The van der Waals surface area contributed by atoms with Crippen molar-refractivity contribution in [3.05, 3.63) is 65.0 Å². The van der Waals surface area contributed by atoms with E-state index in [0.29, 0.717) is 24.6 Å². The fraction of sp³-hybridized carbons (Fsp3) is 0.300. The average Bonchev–Trinajstić information content (AvgIpc) is 3.06. The summed E-state index contributed by atoms with van der Waals surface area (Å²) in [5.74, 6) is -0.191. The monoisotopic (exact) mass is 482 g/mol. The Morgan fingerprint density at radius 3 is 2.78 bits per heavy atom. The minimum atomic E-state index is -0.342. The molecule has 2 aromatic carbocycles. The number of benzene rings is 2. The van der Waals surface area contributed by atoms with E-state index < -0.39 is 0 Å². The Labute approximate surface area is 175 Å². The molecule has 1 aliphatic rings. The number of hydrogen-bond acceptors (Lipinski definition) is 2. The molecule has 7 heteroatoms. The largest absolute Gasteiger partial charge is 0.370 e. The van der Waals surface area contributed by atoms with Crippen LogP contribution in [0.3, 0.4) is 0 Å². The van der Waals surface area contributed by atoms with Gasteiger partial charge in [-0.3, -0.25) is 9.79 Å².